The first-order valence-electron chi connectivity index (χ1n) is 9.97. The van der Waals surface area contributed by atoms with Crippen molar-refractivity contribution in [3.8, 4) is 23.0 Å². The minimum absolute atomic E-state index is 0.0354. The van der Waals surface area contributed by atoms with Crippen molar-refractivity contribution < 1.29 is 19.1 Å². The van der Waals surface area contributed by atoms with Crippen LogP contribution in [0.25, 0.3) is 22.2 Å². The Morgan fingerprint density at radius 3 is 2.77 bits per heavy atom. The van der Waals surface area contributed by atoms with Crippen molar-refractivity contribution in [2.24, 2.45) is 0 Å². The average Bonchev–Trinajstić information content (AvgIpc) is 3.33. The summed E-state index contributed by atoms with van der Waals surface area (Å²) < 4.78 is 11.8. The summed E-state index contributed by atoms with van der Waals surface area (Å²) in [7, 11) is 0. The first-order chi connectivity index (χ1) is 14.4. The lowest BCUT2D eigenvalue weighted by Gasteiger charge is -2.17. The van der Waals surface area contributed by atoms with Gasteiger partial charge in [-0.2, -0.15) is 0 Å². The molecule has 1 atom stereocenters. The van der Waals surface area contributed by atoms with Crippen molar-refractivity contribution in [1.82, 2.24) is 20.3 Å². The highest BCUT2D eigenvalue weighted by molar-refractivity contribution is 6.02. The van der Waals surface area contributed by atoms with Crippen LogP contribution in [0.15, 0.2) is 24.5 Å². The summed E-state index contributed by atoms with van der Waals surface area (Å²) in [5.74, 6) is 1.59. The van der Waals surface area contributed by atoms with E-state index in [1.807, 2.05) is 27.0 Å². The van der Waals surface area contributed by atoms with E-state index in [4.69, 9.17) is 9.47 Å². The molecule has 0 spiro atoms. The fourth-order valence-electron chi connectivity index (χ4n) is 3.54. The molecule has 3 aromatic rings. The average molecular weight is 408 g/mol. The molecule has 8 heteroatoms. The molecule has 156 valence electrons. The molecule has 2 aromatic heterocycles. The van der Waals surface area contributed by atoms with E-state index in [9.17, 15) is 9.59 Å². The van der Waals surface area contributed by atoms with Gasteiger partial charge in [-0.15, -0.1) is 0 Å². The number of pyridine rings is 1. The zero-order valence-corrected chi connectivity index (χ0v) is 17.2. The van der Waals surface area contributed by atoms with Gasteiger partial charge in [0.05, 0.1) is 23.4 Å². The normalized spacial score (nSPS) is 16.1. The fourth-order valence-corrected chi connectivity index (χ4v) is 3.54. The molecule has 1 aliphatic rings. The van der Waals surface area contributed by atoms with E-state index >= 15 is 0 Å². The second kappa shape index (κ2) is 8.14. The number of hydrogen-bond acceptors (Lipinski definition) is 6. The highest BCUT2D eigenvalue weighted by atomic mass is 16.5. The molecule has 2 N–H and O–H groups in total. The third kappa shape index (κ3) is 3.98. The summed E-state index contributed by atoms with van der Waals surface area (Å²) in [6.45, 7) is 6.02. The Bertz CT molecular complexity index is 1110. The number of fused-ring (bicyclic) bond motifs is 1. The highest BCUT2D eigenvalue weighted by Crippen LogP contribution is 2.36. The van der Waals surface area contributed by atoms with Crippen molar-refractivity contribution in [2.75, 3.05) is 6.61 Å². The van der Waals surface area contributed by atoms with Crippen LogP contribution in [0.5, 0.6) is 11.6 Å². The number of carbonyl (C=O) groups excluding carboxylic acids is 2. The van der Waals surface area contributed by atoms with Gasteiger partial charge in [0.15, 0.2) is 6.29 Å². The number of nitrogens with zero attached hydrogens (tertiary/aromatic N) is 2. The molecule has 3 heterocycles. The number of aromatic amines is 1. The molecule has 1 aliphatic heterocycles. The second-order valence-electron chi connectivity index (χ2n) is 7.70. The third-order valence-corrected chi connectivity index (χ3v) is 4.94. The smallest absolute Gasteiger partial charge is 0.221 e. The summed E-state index contributed by atoms with van der Waals surface area (Å²) in [4.78, 5) is 35.3. The molecule has 1 aromatic carbocycles. The molecular weight excluding hydrogens is 384 g/mol. The van der Waals surface area contributed by atoms with E-state index in [-0.39, 0.29) is 18.1 Å². The Morgan fingerprint density at radius 2 is 2.13 bits per heavy atom. The number of benzene rings is 1. The molecule has 1 amide bonds. The van der Waals surface area contributed by atoms with Crippen molar-refractivity contribution in [3.05, 3.63) is 35.8 Å². The summed E-state index contributed by atoms with van der Waals surface area (Å²) in [5, 5.41) is 4.39. The molecular formula is C22H24N4O4. The quantitative estimate of drug-likeness (QED) is 0.582. The largest absolute Gasteiger partial charge is 0.490 e. The Labute approximate surface area is 174 Å². The number of aldehydes is 1. The first-order valence-corrected chi connectivity index (χ1v) is 9.97. The first kappa shape index (κ1) is 19.9. The van der Waals surface area contributed by atoms with Crippen molar-refractivity contribution in [2.45, 2.75) is 45.8 Å². The molecule has 4 rings (SSSR count). The van der Waals surface area contributed by atoms with Gasteiger partial charge in [0.25, 0.3) is 0 Å². The van der Waals surface area contributed by atoms with Crippen molar-refractivity contribution in [3.63, 3.8) is 0 Å². The number of imidazole rings is 1. The molecule has 1 saturated heterocycles. The summed E-state index contributed by atoms with van der Waals surface area (Å²) in [6, 6.07) is 3.52. The third-order valence-electron chi connectivity index (χ3n) is 4.94. The lowest BCUT2D eigenvalue weighted by Crippen LogP contribution is -2.31. The van der Waals surface area contributed by atoms with E-state index < -0.39 is 0 Å². The van der Waals surface area contributed by atoms with Crippen LogP contribution in [-0.4, -0.2) is 45.9 Å². The minimum atomic E-state index is -0.0944. The van der Waals surface area contributed by atoms with Crippen LogP contribution in [0.3, 0.4) is 0 Å². The summed E-state index contributed by atoms with van der Waals surface area (Å²) >= 11 is 0. The predicted octanol–water partition coefficient (Wildman–Crippen LogP) is 3.19. The molecule has 0 saturated carbocycles. The summed E-state index contributed by atoms with van der Waals surface area (Å²) in [5.41, 5.74) is 2.06. The Morgan fingerprint density at radius 1 is 1.30 bits per heavy atom. The maximum Gasteiger partial charge on any atom is 0.221 e. The summed E-state index contributed by atoms with van der Waals surface area (Å²) in [6.07, 6.45) is 5.42. The molecule has 0 aliphatic carbocycles. The van der Waals surface area contributed by atoms with Gasteiger partial charge in [0.1, 0.15) is 18.2 Å². The van der Waals surface area contributed by atoms with Crippen LogP contribution < -0.4 is 14.8 Å². The standard InChI is InChI=1S/C22H24N4O4/c1-12(2)30-19-7-17-16(6-14(19)10-27)18(21-23-8-13(3)25-21)9-24-22(17)29-11-15-4-5-20(28)26-15/h6-10,12,15H,4-5,11H2,1-3H3,(H,23,25)(H,26,28). The maximum absolute atomic E-state index is 11.7. The van der Waals surface area contributed by atoms with Crippen molar-refractivity contribution >= 4 is 23.0 Å². The molecule has 0 bridgehead atoms. The van der Waals surface area contributed by atoms with Crippen LogP contribution in [-0.2, 0) is 4.79 Å². The maximum atomic E-state index is 11.7. The number of rotatable bonds is 7. The topological polar surface area (TPSA) is 106 Å². The Hall–Kier alpha value is -3.42. The molecule has 1 unspecified atom stereocenters. The zero-order valence-electron chi connectivity index (χ0n) is 17.2. The minimum Gasteiger partial charge on any atom is -0.490 e. The van der Waals surface area contributed by atoms with Gasteiger partial charge in [0.2, 0.25) is 11.8 Å². The van der Waals surface area contributed by atoms with Gasteiger partial charge in [-0.3, -0.25) is 9.59 Å². The zero-order chi connectivity index (χ0) is 21.3. The number of ether oxygens (including phenoxy) is 2. The molecule has 0 radical (unpaired) electrons. The van der Waals surface area contributed by atoms with E-state index in [0.717, 1.165) is 29.4 Å². The molecule has 1 fully saturated rings. The number of aromatic nitrogens is 3. The second-order valence-corrected chi connectivity index (χ2v) is 7.70. The van der Waals surface area contributed by atoms with Gasteiger partial charge in [-0.1, -0.05) is 0 Å². The highest BCUT2D eigenvalue weighted by Gasteiger charge is 2.22. The van der Waals surface area contributed by atoms with E-state index in [1.54, 1.807) is 18.3 Å². The molecule has 30 heavy (non-hydrogen) atoms. The number of H-pyrrole nitrogens is 1. The van der Waals surface area contributed by atoms with Gasteiger partial charge in [-0.25, -0.2) is 9.97 Å². The van der Waals surface area contributed by atoms with Gasteiger partial charge in [0, 0.05) is 35.2 Å². The van der Waals surface area contributed by atoms with Crippen LogP contribution in [0, 0.1) is 6.92 Å². The number of amides is 1. The van der Waals surface area contributed by atoms with Crippen molar-refractivity contribution in [1.29, 1.82) is 0 Å². The van der Waals surface area contributed by atoms with Crippen LogP contribution >= 0.6 is 0 Å². The fraction of sp³-hybridized carbons (Fsp3) is 0.364. The number of aryl methyl sites for hydroxylation is 1. The van der Waals surface area contributed by atoms with Crippen LogP contribution in [0.1, 0.15) is 42.7 Å². The van der Waals surface area contributed by atoms with Crippen LogP contribution in [0.4, 0.5) is 0 Å². The predicted molar refractivity (Wildman–Crippen MR) is 112 cm³/mol. The number of nitrogens with one attached hydrogen (secondary N) is 2. The Kier molecular flexibility index (Phi) is 5.39. The monoisotopic (exact) mass is 408 g/mol. The SMILES string of the molecule is Cc1c[nH]c(-c2cnc(OCC3CCC(=O)N3)c3cc(OC(C)C)c(C=O)cc23)n1. The van der Waals surface area contributed by atoms with E-state index in [2.05, 4.69) is 20.3 Å². The Balaban J connectivity index is 1.80. The van der Waals surface area contributed by atoms with E-state index in [1.165, 1.54) is 0 Å². The number of carbonyl (C=O) groups is 2. The van der Waals surface area contributed by atoms with Gasteiger partial charge < -0.3 is 19.8 Å². The number of hydrogen-bond donors (Lipinski definition) is 2. The van der Waals surface area contributed by atoms with E-state index in [0.29, 0.717) is 41.4 Å². The molecule has 8 nitrogen and oxygen atoms in total. The van der Waals surface area contributed by atoms with Gasteiger partial charge >= 0.3 is 0 Å². The lowest BCUT2D eigenvalue weighted by molar-refractivity contribution is -0.119. The lowest BCUT2D eigenvalue weighted by atomic mass is 10.0. The van der Waals surface area contributed by atoms with Crippen LogP contribution in [0.2, 0.25) is 0 Å². The van der Waals surface area contributed by atoms with Gasteiger partial charge in [-0.05, 0) is 39.3 Å².